The SMILES string of the molecule is CC[C@]1(c2ccc(Br)cc2)[C@]2(C#N)C(N)=[NH+]C(OC)(OC)[C@@]21C#N. The fraction of sp³-hybridized carbons (Fsp3) is 0.471. The predicted octanol–water partition coefficient (Wildman–Crippen LogP) is 0.528. The van der Waals surface area contributed by atoms with E-state index in [9.17, 15) is 10.5 Å². The molecule has 3 N–H and O–H groups in total. The van der Waals surface area contributed by atoms with Gasteiger partial charge in [-0.3, -0.25) is 5.73 Å². The predicted molar refractivity (Wildman–Crippen MR) is 89.1 cm³/mol. The number of ether oxygens (including phenoxy) is 2. The van der Waals surface area contributed by atoms with Crippen molar-refractivity contribution >= 4 is 21.8 Å². The highest BCUT2D eigenvalue weighted by Gasteiger charge is 3.03. The zero-order valence-electron chi connectivity index (χ0n) is 13.7. The number of hydrogen-bond acceptors (Lipinski definition) is 5. The quantitative estimate of drug-likeness (QED) is 0.730. The normalized spacial score (nSPS) is 35.5. The van der Waals surface area contributed by atoms with Gasteiger partial charge in [0, 0.05) is 18.7 Å². The lowest BCUT2D eigenvalue weighted by atomic mass is 9.80. The summed E-state index contributed by atoms with van der Waals surface area (Å²) in [6, 6.07) is 12.3. The molecule has 0 spiro atoms. The second kappa shape index (κ2) is 5.03. The summed E-state index contributed by atoms with van der Waals surface area (Å²) in [6.45, 7) is 1.95. The molecular formula is C17H18BrN4O2+. The van der Waals surface area contributed by atoms with Crippen LogP contribution in [0.15, 0.2) is 28.7 Å². The monoisotopic (exact) mass is 389 g/mol. The average molecular weight is 390 g/mol. The van der Waals surface area contributed by atoms with Crippen LogP contribution in [0.2, 0.25) is 0 Å². The zero-order valence-corrected chi connectivity index (χ0v) is 15.3. The Morgan fingerprint density at radius 1 is 1.17 bits per heavy atom. The molecule has 0 amide bonds. The van der Waals surface area contributed by atoms with E-state index in [1.165, 1.54) is 14.2 Å². The van der Waals surface area contributed by atoms with Crippen molar-refractivity contribution in [3.8, 4) is 12.1 Å². The topological polar surface area (TPSA) is 106 Å². The molecule has 6 nitrogen and oxygen atoms in total. The van der Waals surface area contributed by atoms with Gasteiger partial charge in [0.15, 0.2) is 10.8 Å². The number of rotatable bonds is 4. The Morgan fingerprint density at radius 2 is 1.75 bits per heavy atom. The zero-order chi connectivity index (χ0) is 17.8. The Morgan fingerprint density at radius 3 is 2.17 bits per heavy atom. The van der Waals surface area contributed by atoms with E-state index in [0.717, 1.165) is 10.0 Å². The Balaban J connectivity index is 2.38. The number of nitrogens with two attached hydrogens (primary N) is 1. The molecule has 7 heteroatoms. The first-order chi connectivity index (χ1) is 11.4. The van der Waals surface area contributed by atoms with E-state index in [-0.39, 0.29) is 5.84 Å². The Hall–Kier alpha value is -1.93. The van der Waals surface area contributed by atoms with Crippen LogP contribution >= 0.6 is 15.9 Å². The summed E-state index contributed by atoms with van der Waals surface area (Å²) in [5.41, 5.74) is 3.74. The first-order valence-electron chi connectivity index (χ1n) is 7.53. The van der Waals surface area contributed by atoms with Gasteiger partial charge in [-0.1, -0.05) is 35.0 Å². The molecule has 0 radical (unpaired) electrons. The minimum Gasteiger partial charge on any atom is -0.317 e. The van der Waals surface area contributed by atoms with Gasteiger partial charge in [-0.25, -0.2) is 4.99 Å². The maximum absolute atomic E-state index is 10.2. The highest BCUT2D eigenvalue weighted by atomic mass is 79.9. The van der Waals surface area contributed by atoms with Crippen molar-refractivity contribution in [2.24, 2.45) is 16.6 Å². The van der Waals surface area contributed by atoms with E-state index in [1.807, 2.05) is 31.2 Å². The van der Waals surface area contributed by atoms with Crippen LogP contribution in [-0.2, 0) is 14.9 Å². The molecule has 0 saturated heterocycles. The van der Waals surface area contributed by atoms with Crippen LogP contribution in [0.4, 0.5) is 0 Å². The molecule has 1 aromatic rings. The van der Waals surface area contributed by atoms with Gasteiger partial charge in [-0.2, -0.15) is 10.5 Å². The molecule has 1 saturated carbocycles. The highest BCUT2D eigenvalue weighted by molar-refractivity contribution is 9.10. The number of fused-ring (bicyclic) bond motifs is 1. The minimum absolute atomic E-state index is 0.208. The van der Waals surface area contributed by atoms with Crippen molar-refractivity contribution in [3.05, 3.63) is 34.3 Å². The molecule has 2 aliphatic rings. The number of halogens is 1. The Labute approximate surface area is 149 Å². The summed E-state index contributed by atoms with van der Waals surface area (Å²) >= 11 is 3.42. The first kappa shape index (κ1) is 16.9. The number of nitriles is 2. The molecule has 24 heavy (non-hydrogen) atoms. The molecule has 3 rings (SSSR count). The fourth-order valence-electron chi connectivity index (χ4n) is 4.84. The lowest BCUT2D eigenvalue weighted by molar-refractivity contribution is -0.689. The number of methoxy groups -OCH3 is 2. The second-order valence-corrected chi connectivity index (χ2v) is 6.97. The lowest BCUT2D eigenvalue weighted by Gasteiger charge is -2.31. The first-order valence-corrected chi connectivity index (χ1v) is 8.32. The van der Waals surface area contributed by atoms with Crippen molar-refractivity contribution in [1.29, 1.82) is 10.5 Å². The molecule has 1 aliphatic carbocycles. The molecule has 0 bridgehead atoms. The van der Waals surface area contributed by atoms with Gasteiger partial charge in [0.25, 0.3) is 5.84 Å². The number of benzene rings is 1. The second-order valence-electron chi connectivity index (χ2n) is 6.05. The number of nitrogens with zero attached hydrogens (tertiary/aromatic N) is 2. The van der Waals surface area contributed by atoms with Crippen LogP contribution < -0.4 is 10.7 Å². The standard InChI is InChI=1S/C17H17BrN4O2/c1-4-14(11-5-7-12(18)8-6-11)15(9-19)13(21)22-17(23-2,24-3)16(14,15)10-20/h5-8H,4H2,1-3H3,(H2,21,22)/p+1/t14-,15-,16+/m0/s1. The van der Waals surface area contributed by atoms with Crippen LogP contribution in [0, 0.1) is 33.5 Å². The van der Waals surface area contributed by atoms with Crippen molar-refractivity contribution < 1.29 is 14.5 Å². The van der Waals surface area contributed by atoms with Gasteiger partial charge in [0.05, 0.1) is 17.6 Å². The van der Waals surface area contributed by atoms with Gasteiger partial charge >= 0.3 is 5.91 Å². The largest absolute Gasteiger partial charge is 0.343 e. The Bertz CT molecular complexity index is 805. The maximum atomic E-state index is 10.2. The molecule has 0 aromatic heterocycles. The van der Waals surface area contributed by atoms with Gasteiger partial charge < -0.3 is 9.47 Å². The third kappa shape index (κ3) is 1.33. The maximum Gasteiger partial charge on any atom is 0.343 e. The van der Waals surface area contributed by atoms with Crippen LogP contribution in [0.5, 0.6) is 0 Å². The number of hydrogen-bond donors (Lipinski definition) is 2. The van der Waals surface area contributed by atoms with E-state index in [0.29, 0.717) is 6.42 Å². The Kier molecular flexibility index (Phi) is 3.55. The summed E-state index contributed by atoms with van der Waals surface area (Å²) in [6.07, 6.45) is 0.534. The van der Waals surface area contributed by atoms with Crippen molar-refractivity contribution in [1.82, 2.24) is 0 Å². The summed E-state index contributed by atoms with van der Waals surface area (Å²) in [4.78, 5) is 2.92. The third-order valence-electron chi connectivity index (χ3n) is 5.75. The number of amidine groups is 1. The summed E-state index contributed by atoms with van der Waals surface area (Å²) in [5.74, 6) is -1.27. The summed E-state index contributed by atoms with van der Waals surface area (Å²) < 4.78 is 12.1. The van der Waals surface area contributed by atoms with E-state index < -0.39 is 22.2 Å². The van der Waals surface area contributed by atoms with E-state index in [4.69, 9.17) is 15.2 Å². The van der Waals surface area contributed by atoms with Crippen LogP contribution in [-0.4, -0.2) is 26.0 Å². The summed E-state index contributed by atoms with van der Waals surface area (Å²) in [7, 11) is 2.88. The average Bonchev–Trinajstić information content (AvgIpc) is 3.10. The molecule has 1 fully saturated rings. The molecule has 1 aromatic carbocycles. The lowest BCUT2D eigenvalue weighted by Crippen LogP contribution is -2.91. The van der Waals surface area contributed by atoms with Gasteiger partial charge in [-0.15, -0.1) is 0 Å². The van der Waals surface area contributed by atoms with Crippen molar-refractivity contribution in [2.75, 3.05) is 14.2 Å². The fourth-order valence-corrected chi connectivity index (χ4v) is 5.10. The minimum atomic E-state index is -1.48. The van der Waals surface area contributed by atoms with E-state index in [2.05, 4.69) is 33.1 Å². The third-order valence-corrected chi connectivity index (χ3v) is 6.28. The highest BCUT2D eigenvalue weighted by Crippen LogP contribution is 2.83. The van der Waals surface area contributed by atoms with Crippen LogP contribution in [0.25, 0.3) is 0 Å². The smallest absolute Gasteiger partial charge is 0.317 e. The molecule has 124 valence electrons. The van der Waals surface area contributed by atoms with Crippen LogP contribution in [0.3, 0.4) is 0 Å². The molecule has 1 heterocycles. The molecular weight excluding hydrogens is 372 g/mol. The van der Waals surface area contributed by atoms with E-state index in [1.54, 1.807) is 0 Å². The van der Waals surface area contributed by atoms with Gasteiger partial charge in [0.1, 0.15) is 0 Å². The van der Waals surface area contributed by atoms with Gasteiger partial charge in [-0.05, 0) is 24.1 Å². The molecule has 0 unspecified atom stereocenters. The van der Waals surface area contributed by atoms with Crippen molar-refractivity contribution in [3.63, 3.8) is 0 Å². The molecule has 3 atom stereocenters. The van der Waals surface area contributed by atoms with E-state index >= 15 is 0 Å². The van der Waals surface area contributed by atoms with Crippen molar-refractivity contribution in [2.45, 2.75) is 24.7 Å². The van der Waals surface area contributed by atoms with Crippen LogP contribution in [0.1, 0.15) is 18.9 Å². The molecule has 1 aliphatic heterocycles. The summed E-state index contributed by atoms with van der Waals surface area (Å²) in [5, 5.41) is 20.3. The van der Waals surface area contributed by atoms with Gasteiger partial charge in [0.2, 0.25) is 0 Å². The number of nitrogens with one attached hydrogen (secondary N) is 1.